The van der Waals surface area contributed by atoms with Crippen molar-refractivity contribution in [2.45, 2.75) is 18.2 Å². The number of nitrogens with two attached hydrogens (primary N) is 1. The molecule has 1 aromatic rings. The number of nitriles is 1. The highest BCUT2D eigenvalue weighted by Crippen LogP contribution is 2.21. The Bertz CT molecular complexity index is 617. The summed E-state index contributed by atoms with van der Waals surface area (Å²) in [5.41, 5.74) is 5.33. The largest absolute Gasteiger partial charge is 0.457 e. The second kappa shape index (κ2) is 9.13. The Balaban J connectivity index is 2.32. The second-order valence-electron chi connectivity index (χ2n) is 4.31. The second-order valence-corrected chi connectivity index (χ2v) is 5.91. The summed E-state index contributed by atoms with van der Waals surface area (Å²) in [7, 11) is 0. The number of carbonyl (C=O) groups is 2. The number of benzene rings is 1. The van der Waals surface area contributed by atoms with Crippen molar-refractivity contribution >= 4 is 35.1 Å². The third-order valence-corrected chi connectivity index (χ3v) is 3.80. The minimum atomic E-state index is -0.596. The lowest BCUT2D eigenvalue weighted by Crippen LogP contribution is -2.17. The maximum atomic E-state index is 11.6. The highest BCUT2D eigenvalue weighted by molar-refractivity contribution is 7.99. The van der Waals surface area contributed by atoms with Crippen molar-refractivity contribution in [1.82, 2.24) is 0 Å². The molecule has 2 N–H and O–H groups in total. The monoisotopic (exact) mass is 338 g/mol. The smallest absolute Gasteiger partial charge is 0.307 e. The van der Waals surface area contributed by atoms with Gasteiger partial charge in [-0.25, -0.2) is 0 Å². The van der Waals surface area contributed by atoms with Crippen LogP contribution in [0.25, 0.3) is 0 Å². The molecular formula is C15H15ClN2O3S. The summed E-state index contributed by atoms with van der Waals surface area (Å²) in [5, 5.41) is 9.41. The van der Waals surface area contributed by atoms with Gasteiger partial charge in [-0.3, -0.25) is 9.59 Å². The number of halogens is 1. The van der Waals surface area contributed by atoms with Crippen LogP contribution in [0.3, 0.4) is 0 Å². The van der Waals surface area contributed by atoms with Crippen molar-refractivity contribution in [2.75, 3.05) is 12.4 Å². The van der Waals surface area contributed by atoms with Crippen LogP contribution in [-0.4, -0.2) is 24.1 Å². The van der Waals surface area contributed by atoms with Gasteiger partial charge in [0.2, 0.25) is 5.78 Å². The van der Waals surface area contributed by atoms with E-state index in [1.807, 2.05) is 12.1 Å². The van der Waals surface area contributed by atoms with E-state index in [2.05, 4.69) is 0 Å². The van der Waals surface area contributed by atoms with E-state index in [1.54, 1.807) is 18.2 Å². The van der Waals surface area contributed by atoms with Crippen LogP contribution in [0, 0.1) is 11.3 Å². The van der Waals surface area contributed by atoms with Crippen LogP contribution in [0.15, 0.2) is 40.4 Å². The molecule has 7 heteroatoms. The SMILES string of the molecule is C/C(N)=C(\C#N)C(=O)COC(=O)CCSc1ccc(Cl)cc1. The Kier molecular flexibility index (Phi) is 7.50. The lowest BCUT2D eigenvalue weighted by Gasteiger charge is -2.05. The molecule has 5 nitrogen and oxygen atoms in total. The van der Waals surface area contributed by atoms with Gasteiger partial charge in [-0.15, -0.1) is 11.8 Å². The summed E-state index contributed by atoms with van der Waals surface area (Å²) in [4.78, 5) is 24.1. The number of Topliss-reactive ketones (excluding diaryl/α,β-unsaturated/α-hetero) is 1. The topological polar surface area (TPSA) is 93.2 Å². The molecule has 1 aromatic carbocycles. The molecule has 0 aliphatic carbocycles. The quantitative estimate of drug-likeness (QED) is 0.355. The number of carbonyl (C=O) groups excluding carboxylic acids is 2. The summed E-state index contributed by atoms with van der Waals surface area (Å²) in [6.07, 6.45) is 0.160. The molecule has 0 bridgehead atoms. The minimum absolute atomic E-state index is 0.113. The molecule has 0 aliphatic heterocycles. The van der Waals surface area contributed by atoms with Gasteiger partial charge in [0, 0.05) is 21.4 Å². The fourth-order valence-corrected chi connectivity index (χ4v) is 2.40. The molecule has 0 spiro atoms. The molecule has 22 heavy (non-hydrogen) atoms. The third-order valence-electron chi connectivity index (χ3n) is 2.54. The van der Waals surface area contributed by atoms with Crippen LogP contribution in [-0.2, 0) is 14.3 Å². The maximum absolute atomic E-state index is 11.6. The van der Waals surface area contributed by atoms with Gasteiger partial charge in [-0.2, -0.15) is 5.26 Å². The lowest BCUT2D eigenvalue weighted by atomic mass is 10.1. The van der Waals surface area contributed by atoms with Crippen molar-refractivity contribution in [1.29, 1.82) is 5.26 Å². The van der Waals surface area contributed by atoms with E-state index in [9.17, 15) is 9.59 Å². The summed E-state index contributed by atoms with van der Waals surface area (Å²) >= 11 is 7.26. The van der Waals surface area contributed by atoms with Gasteiger partial charge >= 0.3 is 5.97 Å². The standard InChI is InChI=1S/C15H15ClN2O3S/c1-10(18)13(8-17)14(19)9-21-15(20)6-7-22-12-4-2-11(16)3-5-12/h2-5H,6-7,9,18H2,1H3/b13-10-. The molecule has 0 heterocycles. The summed E-state index contributed by atoms with van der Waals surface area (Å²) in [6, 6.07) is 8.95. The van der Waals surface area contributed by atoms with Gasteiger partial charge in [0.15, 0.2) is 6.61 Å². The zero-order valence-electron chi connectivity index (χ0n) is 12.0. The first-order valence-corrected chi connectivity index (χ1v) is 7.74. The molecule has 0 saturated carbocycles. The fraction of sp³-hybridized carbons (Fsp3) is 0.267. The van der Waals surface area contributed by atoms with Gasteiger partial charge in [-0.1, -0.05) is 11.6 Å². The van der Waals surface area contributed by atoms with Crippen LogP contribution in [0.4, 0.5) is 0 Å². The first-order chi connectivity index (χ1) is 10.4. The van der Waals surface area contributed by atoms with E-state index in [1.165, 1.54) is 18.7 Å². The van der Waals surface area contributed by atoms with Crippen LogP contribution < -0.4 is 5.73 Å². The number of allylic oxidation sites excluding steroid dienone is 1. The third kappa shape index (κ3) is 6.20. The summed E-state index contributed by atoms with van der Waals surface area (Å²) < 4.78 is 4.83. The zero-order chi connectivity index (χ0) is 16.5. The molecule has 0 atom stereocenters. The average molecular weight is 339 g/mol. The Morgan fingerprint density at radius 2 is 2.00 bits per heavy atom. The van der Waals surface area contributed by atoms with E-state index in [4.69, 9.17) is 27.3 Å². The van der Waals surface area contributed by atoms with Crippen LogP contribution >= 0.6 is 23.4 Å². The number of esters is 1. The Morgan fingerprint density at radius 1 is 1.36 bits per heavy atom. The predicted molar refractivity (Wildman–Crippen MR) is 85.3 cm³/mol. The predicted octanol–water partition coefficient (Wildman–Crippen LogP) is 2.69. The molecular weight excluding hydrogens is 324 g/mol. The molecule has 0 radical (unpaired) electrons. The molecule has 0 aliphatic rings. The Labute approximate surface area is 138 Å². The Hall–Kier alpha value is -1.97. The zero-order valence-corrected chi connectivity index (χ0v) is 13.5. The molecule has 0 fully saturated rings. The van der Waals surface area contributed by atoms with E-state index < -0.39 is 18.4 Å². The van der Waals surface area contributed by atoms with E-state index in [-0.39, 0.29) is 17.7 Å². The number of hydrogen-bond donors (Lipinski definition) is 1. The average Bonchev–Trinajstić information content (AvgIpc) is 2.47. The number of hydrogen-bond acceptors (Lipinski definition) is 6. The van der Waals surface area contributed by atoms with Crippen molar-refractivity contribution < 1.29 is 14.3 Å². The Morgan fingerprint density at radius 3 is 2.55 bits per heavy atom. The molecule has 0 amide bonds. The summed E-state index contributed by atoms with van der Waals surface area (Å²) in [5.74, 6) is -0.575. The van der Waals surface area contributed by atoms with Gasteiger partial charge < -0.3 is 10.5 Å². The van der Waals surface area contributed by atoms with Crippen molar-refractivity contribution in [3.63, 3.8) is 0 Å². The molecule has 116 valence electrons. The number of ketones is 1. The number of nitrogens with zero attached hydrogens (tertiary/aromatic N) is 1. The van der Waals surface area contributed by atoms with E-state index >= 15 is 0 Å². The number of rotatable bonds is 7. The molecule has 1 rings (SSSR count). The van der Waals surface area contributed by atoms with Crippen LogP contribution in [0.5, 0.6) is 0 Å². The van der Waals surface area contributed by atoms with Crippen LogP contribution in [0.2, 0.25) is 5.02 Å². The summed E-state index contributed by atoms with van der Waals surface area (Å²) in [6.45, 7) is 0.975. The number of thioether (sulfide) groups is 1. The first-order valence-electron chi connectivity index (χ1n) is 6.37. The normalized spacial score (nSPS) is 11.3. The maximum Gasteiger partial charge on any atom is 0.307 e. The fourth-order valence-electron chi connectivity index (χ4n) is 1.44. The van der Waals surface area contributed by atoms with Crippen molar-refractivity contribution in [3.8, 4) is 6.07 Å². The van der Waals surface area contributed by atoms with E-state index in [0.29, 0.717) is 10.8 Å². The molecule has 0 aromatic heterocycles. The lowest BCUT2D eigenvalue weighted by molar-refractivity contribution is -0.146. The minimum Gasteiger partial charge on any atom is -0.457 e. The van der Waals surface area contributed by atoms with E-state index in [0.717, 1.165) is 4.90 Å². The van der Waals surface area contributed by atoms with Gasteiger partial charge in [-0.05, 0) is 31.2 Å². The highest BCUT2D eigenvalue weighted by atomic mass is 35.5. The molecule has 0 unspecified atom stereocenters. The van der Waals surface area contributed by atoms with Crippen LogP contribution in [0.1, 0.15) is 13.3 Å². The highest BCUT2D eigenvalue weighted by Gasteiger charge is 2.14. The van der Waals surface area contributed by atoms with Gasteiger partial charge in [0.05, 0.1) is 6.42 Å². The van der Waals surface area contributed by atoms with Crippen molar-refractivity contribution in [2.24, 2.45) is 5.73 Å². The molecule has 0 saturated heterocycles. The van der Waals surface area contributed by atoms with Gasteiger partial charge in [0.1, 0.15) is 11.6 Å². The van der Waals surface area contributed by atoms with Gasteiger partial charge in [0.25, 0.3) is 0 Å². The first kappa shape index (κ1) is 18.1. The van der Waals surface area contributed by atoms with Crippen molar-refractivity contribution in [3.05, 3.63) is 40.6 Å². The number of ether oxygens (including phenoxy) is 1.